The van der Waals surface area contributed by atoms with E-state index in [0.29, 0.717) is 6.42 Å². The van der Waals surface area contributed by atoms with Gasteiger partial charge >= 0.3 is 0 Å². The van der Waals surface area contributed by atoms with Gasteiger partial charge in [-0.25, -0.2) is 0 Å². The number of nitrogens with zero attached hydrogens (tertiary/aromatic N) is 1. The van der Waals surface area contributed by atoms with Crippen molar-refractivity contribution in [1.29, 1.82) is 0 Å². The zero-order valence-electron chi connectivity index (χ0n) is 10.6. The molecule has 98 valence electrons. The maximum atomic E-state index is 12.3. The van der Waals surface area contributed by atoms with Gasteiger partial charge in [0, 0.05) is 10.4 Å². The summed E-state index contributed by atoms with van der Waals surface area (Å²) in [6, 6.07) is 7.49. The lowest BCUT2D eigenvalue weighted by molar-refractivity contribution is -0.131. The van der Waals surface area contributed by atoms with Crippen LogP contribution < -0.4 is 10.2 Å². The van der Waals surface area contributed by atoms with Crippen LogP contribution >= 0.6 is 11.3 Å². The van der Waals surface area contributed by atoms with E-state index in [0.717, 1.165) is 11.1 Å². The molecule has 3 rings (SSSR count). The number of amides is 2. The van der Waals surface area contributed by atoms with Crippen LogP contribution in [0.1, 0.15) is 13.3 Å². The Labute approximate surface area is 115 Å². The largest absolute Gasteiger partial charge is 0.343 e. The highest BCUT2D eigenvalue weighted by molar-refractivity contribution is 7.17. The Bertz CT molecular complexity index is 650. The summed E-state index contributed by atoms with van der Waals surface area (Å²) >= 11 is 1.67. The van der Waals surface area contributed by atoms with E-state index < -0.39 is 6.04 Å². The number of rotatable bonds is 2. The third-order valence-corrected chi connectivity index (χ3v) is 4.25. The minimum Gasteiger partial charge on any atom is -0.343 e. The molecule has 2 heterocycles. The monoisotopic (exact) mass is 274 g/mol. The zero-order valence-corrected chi connectivity index (χ0v) is 11.4. The number of anilines is 1. The van der Waals surface area contributed by atoms with E-state index in [1.54, 1.807) is 16.2 Å². The number of benzene rings is 1. The third kappa shape index (κ3) is 2.10. The second-order valence-electron chi connectivity index (χ2n) is 4.60. The minimum absolute atomic E-state index is 0.0309. The average Bonchev–Trinajstić information content (AvgIpc) is 2.88. The number of carbonyl (C=O) groups excluding carboxylic acids is 2. The summed E-state index contributed by atoms with van der Waals surface area (Å²) in [4.78, 5) is 25.5. The minimum atomic E-state index is -0.403. The maximum Gasteiger partial charge on any atom is 0.250 e. The summed E-state index contributed by atoms with van der Waals surface area (Å²) in [5.41, 5.74) is 0.796. The second-order valence-corrected chi connectivity index (χ2v) is 5.54. The van der Waals surface area contributed by atoms with Gasteiger partial charge < -0.3 is 10.2 Å². The van der Waals surface area contributed by atoms with Crippen molar-refractivity contribution in [3.05, 3.63) is 29.6 Å². The van der Waals surface area contributed by atoms with Crippen LogP contribution in [0.25, 0.3) is 10.1 Å². The second kappa shape index (κ2) is 4.66. The van der Waals surface area contributed by atoms with E-state index in [2.05, 4.69) is 5.32 Å². The topological polar surface area (TPSA) is 49.4 Å². The van der Waals surface area contributed by atoms with Crippen molar-refractivity contribution in [3.8, 4) is 0 Å². The van der Waals surface area contributed by atoms with E-state index in [9.17, 15) is 9.59 Å². The molecule has 5 heteroatoms. The quantitative estimate of drug-likeness (QED) is 0.912. The number of fused-ring (bicyclic) bond motifs is 1. The van der Waals surface area contributed by atoms with Gasteiger partial charge in [-0.1, -0.05) is 6.92 Å². The molecule has 0 spiro atoms. The molecule has 4 nitrogen and oxygen atoms in total. The number of carbonyl (C=O) groups is 2. The molecule has 1 aromatic carbocycles. The third-order valence-electron chi connectivity index (χ3n) is 3.36. The Kier molecular flexibility index (Phi) is 2.98. The van der Waals surface area contributed by atoms with Crippen molar-refractivity contribution in [1.82, 2.24) is 5.32 Å². The number of thiophene rings is 1. The van der Waals surface area contributed by atoms with Crippen LogP contribution in [0.2, 0.25) is 0 Å². The summed E-state index contributed by atoms with van der Waals surface area (Å²) < 4.78 is 1.18. The molecular formula is C14H14N2O2S. The van der Waals surface area contributed by atoms with E-state index in [4.69, 9.17) is 0 Å². The summed E-state index contributed by atoms with van der Waals surface area (Å²) in [5.74, 6) is -0.131. The predicted octanol–water partition coefficient (Wildman–Crippen LogP) is 2.14. The predicted molar refractivity (Wildman–Crippen MR) is 76.4 cm³/mol. The van der Waals surface area contributed by atoms with Crippen molar-refractivity contribution in [2.75, 3.05) is 11.4 Å². The number of nitrogens with one attached hydrogen (secondary N) is 1. The van der Waals surface area contributed by atoms with E-state index >= 15 is 0 Å². The first-order valence-corrected chi connectivity index (χ1v) is 7.15. The number of piperazine rings is 1. The summed E-state index contributed by atoms with van der Waals surface area (Å²) in [6.07, 6.45) is 0.613. The number of hydrogen-bond donors (Lipinski definition) is 1. The van der Waals surface area contributed by atoms with Crippen molar-refractivity contribution in [2.24, 2.45) is 0 Å². The molecule has 0 saturated carbocycles. The Hall–Kier alpha value is -1.88. The molecule has 0 radical (unpaired) electrons. The molecule has 1 aliphatic heterocycles. The summed E-state index contributed by atoms with van der Waals surface area (Å²) in [6.45, 7) is 2.00. The average molecular weight is 274 g/mol. The molecule has 2 aromatic rings. The van der Waals surface area contributed by atoms with Crippen LogP contribution in [-0.2, 0) is 9.59 Å². The van der Waals surface area contributed by atoms with Crippen LogP contribution in [0.4, 0.5) is 5.69 Å². The van der Waals surface area contributed by atoms with Gasteiger partial charge in [-0.3, -0.25) is 9.59 Å². The first kappa shape index (κ1) is 12.2. The molecule has 1 fully saturated rings. The fourth-order valence-electron chi connectivity index (χ4n) is 2.33. The Morgan fingerprint density at radius 1 is 1.37 bits per heavy atom. The number of hydrogen-bond acceptors (Lipinski definition) is 3. The van der Waals surface area contributed by atoms with Crippen molar-refractivity contribution >= 4 is 38.9 Å². The van der Waals surface area contributed by atoms with Gasteiger partial charge in [0.15, 0.2) is 0 Å². The highest BCUT2D eigenvalue weighted by atomic mass is 32.1. The first-order chi connectivity index (χ1) is 9.19. The van der Waals surface area contributed by atoms with Gasteiger partial charge in [0.1, 0.15) is 12.6 Å². The van der Waals surface area contributed by atoms with Gasteiger partial charge in [0.25, 0.3) is 0 Å². The lowest BCUT2D eigenvalue weighted by atomic mass is 10.1. The highest BCUT2D eigenvalue weighted by Gasteiger charge is 2.32. The smallest absolute Gasteiger partial charge is 0.250 e. The SMILES string of the molecule is CCC1NC(=O)CN(c2ccc3sccc3c2)C1=O. The molecule has 1 aliphatic rings. The normalized spacial score (nSPS) is 19.8. The highest BCUT2D eigenvalue weighted by Crippen LogP contribution is 2.27. The van der Waals surface area contributed by atoms with Gasteiger partial charge in [-0.05, 0) is 41.5 Å². The molecule has 1 N–H and O–H groups in total. The maximum absolute atomic E-state index is 12.3. The molecule has 0 aliphatic carbocycles. The molecule has 2 amide bonds. The van der Waals surface area contributed by atoms with Crippen LogP contribution in [0, 0.1) is 0 Å². The van der Waals surface area contributed by atoms with Gasteiger partial charge in [-0.2, -0.15) is 0 Å². The van der Waals surface area contributed by atoms with Gasteiger partial charge in [0.05, 0.1) is 0 Å². The Morgan fingerprint density at radius 3 is 3.00 bits per heavy atom. The molecule has 1 aromatic heterocycles. The standard InChI is InChI=1S/C14H14N2O2S/c1-2-11-14(18)16(8-13(17)15-11)10-3-4-12-9(7-10)5-6-19-12/h3-7,11H,2,8H2,1H3,(H,15,17). The van der Waals surface area contributed by atoms with Crippen LogP contribution in [0.5, 0.6) is 0 Å². The molecule has 1 saturated heterocycles. The molecule has 1 unspecified atom stereocenters. The molecular weight excluding hydrogens is 260 g/mol. The molecule has 0 bridgehead atoms. The van der Waals surface area contributed by atoms with Crippen molar-refractivity contribution in [2.45, 2.75) is 19.4 Å². The van der Waals surface area contributed by atoms with E-state index in [1.165, 1.54) is 4.70 Å². The summed E-state index contributed by atoms with van der Waals surface area (Å²) in [7, 11) is 0. The Morgan fingerprint density at radius 2 is 2.21 bits per heavy atom. The lowest BCUT2D eigenvalue weighted by Crippen LogP contribution is -2.58. The first-order valence-electron chi connectivity index (χ1n) is 6.27. The van der Waals surface area contributed by atoms with Crippen LogP contribution in [0.3, 0.4) is 0 Å². The molecule has 1 atom stereocenters. The van der Waals surface area contributed by atoms with E-state index in [1.807, 2.05) is 36.6 Å². The lowest BCUT2D eigenvalue weighted by Gasteiger charge is -2.32. The van der Waals surface area contributed by atoms with Crippen LogP contribution in [-0.4, -0.2) is 24.4 Å². The molecule has 19 heavy (non-hydrogen) atoms. The fourth-order valence-corrected chi connectivity index (χ4v) is 3.10. The summed E-state index contributed by atoms with van der Waals surface area (Å²) in [5, 5.41) is 5.85. The zero-order chi connectivity index (χ0) is 13.4. The fraction of sp³-hybridized carbons (Fsp3) is 0.286. The van der Waals surface area contributed by atoms with Gasteiger partial charge in [0.2, 0.25) is 11.8 Å². The van der Waals surface area contributed by atoms with Gasteiger partial charge in [-0.15, -0.1) is 11.3 Å². The van der Waals surface area contributed by atoms with E-state index in [-0.39, 0.29) is 18.4 Å². The van der Waals surface area contributed by atoms with Crippen LogP contribution in [0.15, 0.2) is 29.6 Å². The Balaban J connectivity index is 1.98. The van der Waals surface area contributed by atoms with Crippen molar-refractivity contribution in [3.63, 3.8) is 0 Å². The van der Waals surface area contributed by atoms with Crippen molar-refractivity contribution < 1.29 is 9.59 Å².